The van der Waals surface area contributed by atoms with Crippen LogP contribution in [-0.4, -0.2) is 41.1 Å². The van der Waals surface area contributed by atoms with Crippen molar-refractivity contribution in [1.82, 2.24) is 4.90 Å². The first-order chi connectivity index (χ1) is 8.94. The Hall–Kier alpha value is -1.59. The van der Waals surface area contributed by atoms with E-state index in [1.807, 2.05) is 19.1 Å². The molecule has 1 aliphatic rings. The molecule has 19 heavy (non-hydrogen) atoms. The maximum atomic E-state index is 11.8. The topological polar surface area (TPSA) is 78.6 Å². The molecule has 0 radical (unpaired) electrons. The molecular formula is C14H21N3O2. The molecule has 1 amide bonds. The third kappa shape index (κ3) is 4.22. The van der Waals surface area contributed by atoms with E-state index in [2.05, 4.69) is 10.2 Å². The maximum Gasteiger partial charge on any atom is 0.225 e. The minimum absolute atomic E-state index is 0.0304. The summed E-state index contributed by atoms with van der Waals surface area (Å²) in [6.07, 6.45) is 1.19. The minimum Gasteiger partial charge on any atom is -0.399 e. The van der Waals surface area contributed by atoms with Crippen LogP contribution in [0, 0.1) is 0 Å². The number of anilines is 2. The lowest BCUT2D eigenvalue weighted by atomic mass is 10.1. The van der Waals surface area contributed by atoms with Gasteiger partial charge in [0.05, 0.1) is 5.60 Å². The number of rotatable bonds is 4. The Balaban J connectivity index is 1.76. The Morgan fingerprint density at radius 1 is 1.58 bits per heavy atom. The zero-order valence-corrected chi connectivity index (χ0v) is 11.2. The van der Waals surface area contributed by atoms with Gasteiger partial charge in [0.2, 0.25) is 5.91 Å². The molecular weight excluding hydrogens is 242 g/mol. The number of nitrogens with two attached hydrogens (primary N) is 1. The minimum atomic E-state index is -0.607. The van der Waals surface area contributed by atoms with Gasteiger partial charge >= 0.3 is 0 Å². The number of nitrogen functional groups attached to an aromatic ring is 1. The van der Waals surface area contributed by atoms with Crippen LogP contribution in [0.2, 0.25) is 0 Å². The fourth-order valence-corrected chi connectivity index (χ4v) is 2.33. The van der Waals surface area contributed by atoms with Crippen molar-refractivity contribution in [3.63, 3.8) is 0 Å². The largest absolute Gasteiger partial charge is 0.399 e. The van der Waals surface area contributed by atoms with Crippen molar-refractivity contribution < 1.29 is 9.90 Å². The van der Waals surface area contributed by atoms with E-state index < -0.39 is 5.60 Å². The van der Waals surface area contributed by atoms with Crippen LogP contribution in [0.5, 0.6) is 0 Å². The molecule has 1 aromatic carbocycles. The van der Waals surface area contributed by atoms with Gasteiger partial charge in [-0.1, -0.05) is 6.07 Å². The fraction of sp³-hybridized carbons (Fsp3) is 0.500. The number of hydrogen-bond donors (Lipinski definition) is 3. The van der Waals surface area contributed by atoms with Crippen LogP contribution in [0.4, 0.5) is 11.4 Å². The van der Waals surface area contributed by atoms with Crippen LogP contribution in [0.3, 0.4) is 0 Å². The summed E-state index contributed by atoms with van der Waals surface area (Å²) in [6, 6.07) is 7.14. The Labute approximate surface area is 113 Å². The number of β-amino-alcohol motifs (C(OH)–C–C–N with tert-alkyl or cyclic N) is 1. The molecule has 1 fully saturated rings. The predicted octanol–water partition coefficient (Wildman–Crippen LogP) is 1.05. The van der Waals surface area contributed by atoms with Gasteiger partial charge in [-0.3, -0.25) is 9.69 Å². The summed E-state index contributed by atoms with van der Waals surface area (Å²) >= 11 is 0. The highest BCUT2D eigenvalue weighted by Crippen LogP contribution is 2.20. The van der Waals surface area contributed by atoms with Crippen LogP contribution in [0.25, 0.3) is 0 Å². The SMILES string of the molecule is CC1(O)CCN(CCC(=O)Nc2cccc(N)c2)C1. The van der Waals surface area contributed by atoms with Crippen molar-refractivity contribution >= 4 is 17.3 Å². The molecule has 1 unspecified atom stereocenters. The molecule has 1 heterocycles. The normalized spacial score (nSPS) is 23.5. The molecule has 4 N–H and O–H groups in total. The Kier molecular flexibility index (Phi) is 4.07. The first kappa shape index (κ1) is 13.8. The third-order valence-electron chi connectivity index (χ3n) is 3.36. The van der Waals surface area contributed by atoms with Gasteiger partial charge in [0.25, 0.3) is 0 Å². The van der Waals surface area contributed by atoms with Gasteiger partial charge in [-0.05, 0) is 31.5 Å². The highest BCUT2D eigenvalue weighted by molar-refractivity contribution is 5.91. The van der Waals surface area contributed by atoms with E-state index in [0.29, 0.717) is 25.2 Å². The van der Waals surface area contributed by atoms with Gasteiger partial charge in [-0.2, -0.15) is 0 Å². The van der Waals surface area contributed by atoms with Crippen LogP contribution in [-0.2, 0) is 4.79 Å². The summed E-state index contributed by atoms with van der Waals surface area (Å²) in [4.78, 5) is 13.9. The molecule has 1 aliphatic heterocycles. The van der Waals surface area contributed by atoms with Gasteiger partial charge in [0.15, 0.2) is 0 Å². The zero-order valence-electron chi connectivity index (χ0n) is 11.2. The number of nitrogens with one attached hydrogen (secondary N) is 1. The quantitative estimate of drug-likeness (QED) is 0.710. The molecule has 2 rings (SSSR count). The van der Waals surface area contributed by atoms with Gasteiger partial charge in [0, 0.05) is 37.4 Å². The number of carbonyl (C=O) groups is 1. The lowest BCUT2D eigenvalue weighted by Crippen LogP contribution is -2.31. The lowest BCUT2D eigenvalue weighted by Gasteiger charge is -2.18. The van der Waals surface area contributed by atoms with Crippen LogP contribution in [0.1, 0.15) is 19.8 Å². The monoisotopic (exact) mass is 263 g/mol. The fourth-order valence-electron chi connectivity index (χ4n) is 2.33. The van der Waals surface area contributed by atoms with Gasteiger partial charge in [0.1, 0.15) is 0 Å². The van der Waals surface area contributed by atoms with Crippen LogP contribution < -0.4 is 11.1 Å². The second-order valence-corrected chi connectivity index (χ2v) is 5.45. The number of amides is 1. The number of likely N-dealkylation sites (tertiary alicyclic amines) is 1. The van der Waals surface area contributed by atoms with E-state index >= 15 is 0 Å². The lowest BCUT2D eigenvalue weighted by molar-refractivity contribution is -0.116. The van der Waals surface area contributed by atoms with E-state index in [4.69, 9.17) is 5.73 Å². The number of carbonyl (C=O) groups excluding carboxylic acids is 1. The maximum absolute atomic E-state index is 11.8. The average Bonchev–Trinajstić information content (AvgIpc) is 2.66. The van der Waals surface area contributed by atoms with E-state index in [0.717, 1.165) is 18.7 Å². The average molecular weight is 263 g/mol. The highest BCUT2D eigenvalue weighted by Gasteiger charge is 2.30. The summed E-state index contributed by atoms with van der Waals surface area (Å²) in [5.41, 5.74) is 6.40. The Bertz CT molecular complexity index is 460. The third-order valence-corrected chi connectivity index (χ3v) is 3.36. The van der Waals surface area contributed by atoms with E-state index in [9.17, 15) is 9.90 Å². The van der Waals surface area contributed by atoms with Crippen molar-refractivity contribution in [2.75, 3.05) is 30.7 Å². The molecule has 5 nitrogen and oxygen atoms in total. The summed E-state index contributed by atoms with van der Waals surface area (Å²) in [7, 11) is 0. The molecule has 0 aromatic heterocycles. The van der Waals surface area contributed by atoms with Gasteiger partial charge in [-0.25, -0.2) is 0 Å². The first-order valence-electron chi connectivity index (χ1n) is 6.55. The molecule has 1 aromatic rings. The molecule has 0 bridgehead atoms. The number of hydrogen-bond acceptors (Lipinski definition) is 4. The molecule has 5 heteroatoms. The number of benzene rings is 1. The van der Waals surface area contributed by atoms with E-state index in [1.165, 1.54) is 0 Å². The Morgan fingerprint density at radius 3 is 3.00 bits per heavy atom. The number of aliphatic hydroxyl groups is 1. The summed E-state index contributed by atoms with van der Waals surface area (Å²) in [5, 5.41) is 12.7. The molecule has 0 saturated carbocycles. The van der Waals surface area contributed by atoms with E-state index in [1.54, 1.807) is 12.1 Å². The van der Waals surface area contributed by atoms with Crippen LogP contribution >= 0.6 is 0 Å². The highest BCUT2D eigenvalue weighted by atomic mass is 16.3. The molecule has 104 valence electrons. The van der Waals surface area contributed by atoms with Gasteiger partial charge in [-0.15, -0.1) is 0 Å². The van der Waals surface area contributed by atoms with Crippen molar-refractivity contribution in [2.45, 2.75) is 25.4 Å². The van der Waals surface area contributed by atoms with Crippen molar-refractivity contribution in [3.05, 3.63) is 24.3 Å². The molecule has 0 aliphatic carbocycles. The van der Waals surface area contributed by atoms with Gasteiger partial charge < -0.3 is 16.2 Å². The van der Waals surface area contributed by atoms with Crippen LogP contribution in [0.15, 0.2) is 24.3 Å². The predicted molar refractivity (Wildman–Crippen MR) is 75.8 cm³/mol. The zero-order chi connectivity index (χ0) is 13.9. The number of nitrogens with zero attached hydrogens (tertiary/aromatic N) is 1. The molecule has 1 atom stereocenters. The molecule has 0 spiro atoms. The van der Waals surface area contributed by atoms with Crippen molar-refractivity contribution in [3.8, 4) is 0 Å². The standard InChI is InChI=1S/C14H21N3O2/c1-14(19)6-8-17(10-14)7-5-13(18)16-12-4-2-3-11(15)9-12/h2-4,9,19H,5-8,10,15H2,1H3,(H,16,18). The smallest absolute Gasteiger partial charge is 0.225 e. The summed E-state index contributed by atoms with van der Waals surface area (Å²) < 4.78 is 0. The van der Waals surface area contributed by atoms with Crippen molar-refractivity contribution in [1.29, 1.82) is 0 Å². The second kappa shape index (κ2) is 5.59. The molecule has 1 saturated heterocycles. The Morgan fingerprint density at radius 2 is 2.37 bits per heavy atom. The first-order valence-corrected chi connectivity index (χ1v) is 6.55. The summed E-state index contributed by atoms with van der Waals surface area (Å²) in [5.74, 6) is -0.0304. The van der Waals surface area contributed by atoms with E-state index in [-0.39, 0.29) is 5.91 Å². The second-order valence-electron chi connectivity index (χ2n) is 5.45. The van der Waals surface area contributed by atoms with Crippen molar-refractivity contribution in [2.24, 2.45) is 0 Å². The summed E-state index contributed by atoms with van der Waals surface area (Å²) in [6.45, 7) is 3.99.